The van der Waals surface area contributed by atoms with Crippen LogP contribution < -0.4 is 5.32 Å². The van der Waals surface area contributed by atoms with Crippen LogP contribution in [0, 0.1) is 0 Å². The van der Waals surface area contributed by atoms with E-state index < -0.39 is 0 Å². The number of halogens is 2. The van der Waals surface area contributed by atoms with E-state index in [1.807, 2.05) is 12.1 Å². The number of hydrogen-bond donors (Lipinski definition) is 1. The van der Waals surface area contributed by atoms with Crippen LogP contribution in [0.2, 0.25) is 5.15 Å². The van der Waals surface area contributed by atoms with Gasteiger partial charge in [0.2, 0.25) is 0 Å². The molecule has 1 N–H and O–H groups in total. The molecule has 0 aliphatic rings. The van der Waals surface area contributed by atoms with E-state index in [2.05, 4.69) is 57.2 Å². The van der Waals surface area contributed by atoms with E-state index in [9.17, 15) is 0 Å². The Morgan fingerprint density at radius 1 is 1.25 bits per heavy atom. The Hall–Kier alpha value is -1.13. The predicted molar refractivity (Wildman–Crippen MR) is 87.2 cm³/mol. The van der Waals surface area contributed by atoms with Crippen molar-refractivity contribution in [3.05, 3.63) is 51.3 Å². The molecule has 0 fully saturated rings. The van der Waals surface area contributed by atoms with E-state index in [0.29, 0.717) is 5.15 Å². The number of rotatable bonds is 5. The molecule has 0 saturated carbocycles. The molecule has 0 radical (unpaired) electrons. The topological polar surface area (TPSA) is 37.8 Å². The van der Waals surface area contributed by atoms with Gasteiger partial charge < -0.3 is 5.32 Å². The number of aryl methyl sites for hydroxylation is 1. The highest BCUT2D eigenvalue weighted by Crippen LogP contribution is 2.21. The number of nitrogens with one attached hydrogen (secondary N) is 1. The van der Waals surface area contributed by atoms with Gasteiger partial charge in [0.25, 0.3) is 0 Å². The Bertz CT molecular complexity index is 572. The average Bonchev–Trinajstić information content (AvgIpc) is 2.39. The molecule has 0 spiro atoms. The Balaban J connectivity index is 2.14. The molecular weight excluding hydrogens is 338 g/mol. The summed E-state index contributed by atoms with van der Waals surface area (Å²) in [5.41, 5.74) is 1.19. The fourth-order valence-electron chi connectivity index (χ4n) is 1.93. The number of anilines is 1. The number of hydrogen-bond acceptors (Lipinski definition) is 3. The lowest BCUT2D eigenvalue weighted by molar-refractivity contribution is 0.819. The van der Waals surface area contributed by atoms with Gasteiger partial charge in [0.1, 0.15) is 16.8 Å². The zero-order chi connectivity index (χ0) is 14.5. The fourth-order valence-corrected chi connectivity index (χ4v) is 2.40. The molecule has 2 rings (SSSR count). The van der Waals surface area contributed by atoms with Crippen LogP contribution in [-0.2, 0) is 6.42 Å². The second-order valence-corrected chi connectivity index (χ2v) is 5.96. The molecule has 3 nitrogen and oxygen atoms in total. The van der Waals surface area contributed by atoms with Gasteiger partial charge in [-0.05, 0) is 31.0 Å². The molecule has 0 aliphatic heterocycles. The molecule has 1 atom stereocenters. The van der Waals surface area contributed by atoms with Crippen molar-refractivity contribution in [1.82, 2.24) is 9.97 Å². The molecule has 1 aromatic carbocycles. The first-order valence-electron chi connectivity index (χ1n) is 6.64. The van der Waals surface area contributed by atoms with Gasteiger partial charge in [-0.1, -0.05) is 46.6 Å². The van der Waals surface area contributed by atoms with Gasteiger partial charge >= 0.3 is 0 Å². The third kappa shape index (κ3) is 4.18. The normalized spacial score (nSPS) is 12.2. The lowest BCUT2D eigenvalue weighted by atomic mass is 10.1. The number of aromatic nitrogens is 2. The fraction of sp³-hybridized carbons (Fsp3) is 0.333. The second kappa shape index (κ2) is 7.04. The monoisotopic (exact) mass is 353 g/mol. The molecule has 0 bridgehead atoms. The second-order valence-electron chi connectivity index (χ2n) is 4.66. The van der Waals surface area contributed by atoms with Gasteiger partial charge in [-0.15, -0.1) is 0 Å². The summed E-state index contributed by atoms with van der Waals surface area (Å²) in [4.78, 5) is 8.71. The quantitative estimate of drug-likeness (QED) is 0.766. The van der Waals surface area contributed by atoms with Gasteiger partial charge in [-0.3, -0.25) is 0 Å². The largest absolute Gasteiger partial charge is 0.363 e. The van der Waals surface area contributed by atoms with Crippen LogP contribution in [0.4, 0.5) is 5.82 Å². The van der Waals surface area contributed by atoms with Gasteiger partial charge in [0, 0.05) is 23.0 Å². The molecule has 5 heteroatoms. The highest BCUT2D eigenvalue weighted by atomic mass is 79.9. The number of nitrogens with zero attached hydrogens (tertiary/aromatic N) is 2. The van der Waals surface area contributed by atoms with Crippen molar-refractivity contribution in [2.24, 2.45) is 0 Å². The minimum atomic E-state index is 0.156. The van der Waals surface area contributed by atoms with Gasteiger partial charge in [0.15, 0.2) is 0 Å². The Labute approximate surface area is 132 Å². The summed E-state index contributed by atoms with van der Waals surface area (Å²) in [6.07, 6.45) is 1.84. The van der Waals surface area contributed by atoms with Gasteiger partial charge in [-0.2, -0.15) is 0 Å². The summed E-state index contributed by atoms with van der Waals surface area (Å²) >= 11 is 9.48. The highest BCUT2D eigenvalue weighted by molar-refractivity contribution is 9.10. The predicted octanol–water partition coefficient (Wildman–Crippen LogP) is 5.02. The lowest BCUT2D eigenvalue weighted by Gasteiger charge is -2.15. The van der Waals surface area contributed by atoms with Crippen LogP contribution in [0.25, 0.3) is 0 Å². The lowest BCUT2D eigenvalue weighted by Crippen LogP contribution is -2.09. The Morgan fingerprint density at radius 2 is 1.95 bits per heavy atom. The maximum Gasteiger partial charge on any atom is 0.134 e. The zero-order valence-corrected chi connectivity index (χ0v) is 13.9. The Kier molecular flexibility index (Phi) is 5.38. The molecule has 20 heavy (non-hydrogen) atoms. The van der Waals surface area contributed by atoms with E-state index >= 15 is 0 Å². The zero-order valence-electron chi connectivity index (χ0n) is 11.5. The van der Waals surface area contributed by atoms with Crippen LogP contribution in [0.1, 0.15) is 37.7 Å². The molecule has 2 aromatic rings. The molecule has 1 aromatic heterocycles. The van der Waals surface area contributed by atoms with E-state index in [0.717, 1.165) is 29.0 Å². The smallest absolute Gasteiger partial charge is 0.134 e. The van der Waals surface area contributed by atoms with Crippen molar-refractivity contribution in [1.29, 1.82) is 0 Å². The van der Waals surface area contributed by atoms with Crippen LogP contribution in [0.15, 0.2) is 34.8 Å². The van der Waals surface area contributed by atoms with Crippen LogP contribution in [0.5, 0.6) is 0 Å². The average molecular weight is 355 g/mol. The minimum Gasteiger partial charge on any atom is -0.363 e. The first-order chi connectivity index (χ1) is 9.58. The first-order valence-corrected chi connectivity index (χ1v) is 7.81. The van der Waals surface area contributed by atoms with E-state index in [4.69, 9.17) is 11.6 Å². The van der Waals surface area contributed by atoms with E-state index in [1.54, 1.807) is 6.07 Å². The van der Waals surface area contributed by atoms with Crippen molar-refractivity contribution in [3.8, 4) is 0 Å². The summed E-state index contributed by atoms with van der Waals surface area (Å²) in [5, 5.41) is 3.85. The van der Waals surface area contributed by atoms with Gasteiger partial charge in [0.05, 0.1) is 0 Å². The van der Waals surface area contributed by atoms with Crippen molar-refractivity contribution >= 4 is 33.3 Å². The summed E-state index contributed by atoms with van der Waals surface area (Å²) in [7, 11) is 0. The highest BCUT2D eigenvalue weighted by Gasteiger charge is 2.08. The third-order valence-electron chi connectivity index (χ3n) is 2.95. The van der Waals surface area contributed by atoms with Gasteiger partial charge in [-0.25, -0.2) is 9.97 Å². The molecule has 1 heterocycles. The van der Waals surface area contributed by atoms with Crippen molar-refractivity contribution in [3.63, 3.8) is 0 Å². The maximum atomic E-state index is 6.04. The Morgan fingerprint density at radius 3 is 2.60 bits per heavy atom. The van der Waals surface area contributed by atoms with E-state index in [-0.39, 0.29) is 6.04 Å². The van der Waals surface area contributed by atoms with Crippen molar-refractivity contribution < 1.29 is 0 Å². The summed E-state index contributed by atoms with van der Waals surface area (Å²) in [6, 6.07) is 10.1. The standard InChI is InChI=1S/C15H17BrClN3/c1-3-4-14-19-13(17)9-15(20-14)18-10(2)11-5-7-12(16)8-6-11/h5-10H,3-4H2,1-2H3,(H,18,19,20). The molecule has 0 aliphatic carbocycles. The van der Waals surface area contributed by atoms with Crippen LogP contribution in [-0.4, -0.2) is 9.97 Å². The van der Waals surface area contributed by atoms with Crippen LogP contribution >= 0.6 is 27.5 Å². The summed E-state index contributed by atoms with van der Waals surface area (Å²) < 4.78 is 1.07. The van der Waals surface area contributed by atoms with E-state index in [1.165, 1.54) is 5.56 Å². The first kappa shape index (κ1) is 15.3. The molecule has 0 amide bonds. The molecular formula is C15H17BrClN3. The molecule has 1 unspecified atom stereocenters. The van der Waals surface area contributed by atoms with Crippen molar-refractivity contribution in [2.75, 3.05) is 5.32 Å². The minimum absolute atomic E-state index is 0.156. The van der Waals surface area contributed by atoms with Crippen molar-refractivity contribution in [2.45, 2.75) is 32.7 Å². The molecule has 106 valence electrons. The summed E-state index contributed by atoms with van der Waals surface area (Å²) in [6.45, 7) is 4.20. The maximum absolute atomic E-state index is 6.04. The SMILES string of the molecule is CCCc1nc(Cl)cc(NC(C)c2ccc(Br)cc2)n1. The molecule has 0 saturated heterocycles. The third-order valence-corrected chi connectivity index (χ3v) is 3.67. The summed E-state index contributed by atoms with van der Waals surface area (Å²) in [5.74, 6) is 1.55. The van der Waals surface area contributed by atoms with Crippen LogP contribution in [0.3, 0.4) is 0 Å². The number of benzene rings is 1.